The Labute approximate surface area is 156 Å². The summed E-state index contributed by atoms with van der Waals surface area (Å²) in [5.74, 6) is -0.667. The molecule has 4 nitrogen and oxygen atoms in total. The van der Waals surface area contributed by atoms with E-state index in [1.165, 1.54) is 25.1 Å². The van der Waals surface area contributed by atoms with E-state index in [9.17, 15) is 17.6 Å². The van der Waals surface area contributed by atoms with Crippen LogP contribution in [-0.2, 0) is 0 Å². The average molecular weight is 411 g/mol. The van der Waals surface area contributed by atoms with Gasteiger partial charge in [0.2, 0.25) is 0 Å². The van der Waals surface area contributed by atoms with E-state index in [0.717, 1.165) is 6.07 Å². The molecule has 2 rings (SSSR count). The van der Waals surface area contributed by atoms with Crippen LogP contribution < -0.4 is 14.9 Å². The van der Waals surface area contributed by atoms with Crippen LogP contribution >= 0.6 is 23.2 Å². The van der Waals surface area contributed by atoms with Crippen molar-refractivity contribution in [2.75, 3.05) is 5.43 Å². The number of hydrogen-bond acceptors (Lipinski definition) is 4. The van der Waals surface area contributed by atoms with Gasteiger partial charge in [-0.05, 0) is 37.3 Å². The molecule has 2 aromatic carbocycles. The summed E-state index contributed by atoms with van der Waals surface area (Å²) in [6, 6.07) is 8.10. The zero-order chi connectivity index (χ0) is 19.3. The lowest BCUT2D eigenvalue weighted by Gasteiger charge is -2.13. The lowest BCUT2D eigenvalue weighted by molar-refractivity contribution is -0.0543. The minimum atomic E-state index is -3.15. The van der Waals surface area contributed by atoms with Gasteiger partial charge in [-0.25, -0.2) is 0 Å². The number of halogens is 6. The molecule has 140 valence electrons. The minimum Gasteiger partial charge on any atom is -0.435 e. The SMILES string of the molecule is CC(=NNc1ccc(Cl)c(Cl)c1)c1ccc(OC(F)F)cc1OC(F)F. The number of hydrazone groups is 1. The van der Waals surface area contributed by atoms with Crippen molar-refractivity contribution >= 4 is 34.6 Å². The second-order valence-electron chi connectivity index (χ2n) is 4.85. The molecule has 10 heteroatoms. The standard InChI is InChI=1S/C16H12Cl2F4N2O2/c1-8(23-24-9-2-5-12(17)13(18)6-9)11-4-3-10(25-15(19)20)7-14(11)26-16(21)22/h2-7,15-16,24H,1H3. The maximum atomic E-state index is 12.6. The van der Waals surface area contributed by atoms with Crippen molar-refractivity contribution in [1.29, 1.82) is 0 Å². The third kappa shape index (κ3) is 5.67. The van der Waals surface area contributed by atoms with Crippen molar-refractivity contribution in [3.05, 3.63) is 52.0 Å². The number of alkyl halides is 4. The van der Waals surface area contributed by atoms with Gasteiger partial charge in [0, 0.05) is 11.6 Å². The fourth-order valence-electron chi connectivity index (χ4n) is 1.95. The Morgan fingerprint density at radius 2 is 1.65 bits per heavy atom. The number of nitrogens with one attached hydrogen (secondary N) is 1. The normalized spacial score (nSPS) is 11.8. The Morgan fingerprint density at radius 3 is 2.27 bits per heavy atom. The van der Waals surface area contributed by atoms with Gasteiger partial charge >= 0.3 is 13.2 Å². The summed E-state index contributed by atoms with van der Waals surface area (Å²) >= 11 is 11.7. The van der Waals surface area contributed by atoms with E-state index < -0.39 is 13.2 Å². The fourth-order valence-corrected chi connectivity index (χ4v) is 2.24. The van der Waals surface area contributed by atoms with Crippen molar-refractivity contribution in [2.24, 2.45) is 5.10 Å². The maximum Gasteiger partial charge on any atom is 0.387 e. The van der Waals surface area contributed by atoms with E-state index in [1.54, 1.807) is 12.1 Å². The molecule has 0 spiro atoms. The van der Waals surface area contributed by atoms with Crippen LogP contribution in [0.3, 0.4) is 0 Å². The molecule has 0 aliphatic rings. The first-order valence-electron chi connectivity index (χ1n) is 7.05. The number of benzene rings is 2. The van der Waals surface area contributed by atoms with E-state index in [-0.39, 0.29) is 22.8 Å². The Bertz CT molecular complexity index is 804. The van der Waals surface area contributed by atoms with Gasteiger partial charge in [-0.2, -0.15) is 22.7 Å². The van der Waals surface area contributed by atoms with Crippen LogP contribution in [0.5, 0.6) is 11.5 Å². The highest BCUT2D eigenvalue weighted by Gasteiger charge is 2.15. The molecule has 2 aromatic rings. The topological polar surface area (TPSA) is 42.9 Å². The zero-order valence-electron chi connectivity index (χ0n) is 13.2. The van der Waals surface area contributed by atoms with E-state index in [1.807, 2.05) is 0 Å². The number of anilines is 1. The lowest BCUT2D eigenvalue weighted by Crippen LogP contribution is -2.09. The molecular formula is C16H12Cl2F4N2O2. The largest absolute Gasteiger partial charge is 0.435 e. The molecule has 1 N–H and O–H groups in total. The molecule has 0 heterocycles. The highest BCUT2D eigenvalue weighted by molar-refractivity contribution is 6.42. The third-order valence-electron chi connectivity index (χ3n) is 3.06. The molecule has 0 fully saturated rings. The van der Waals surface area contributed by atoms with Gasteiger partial charge in [0.15, 0.2) is 0 Å². The molecule has 0 bridgehead atoms. The first kappa shape index (κ1) is 20.1. The van der Waals surface area contributed by atoms with Crippen LogP contribution in [0.15, 0.2) is 41.5 Å². The second-order valence-corrected chi connectivity index (χ2v) is 5.67. The van der Waals surface area contributed by atoms with Crippen LogP contribution in [0, 0.1) is 0 Å². The molecule has 0 aromatic heterocycles. The van der Waals surface area contributed by atoms with Gasteiger partial charge in [0.25, 0.3) is 0 Å². The van der Waals surface area contributed by atoms with E-state index in [4.69, 9.17) is 23.2 Å². The molecule has 0 aliphatic carbocycles. The van der Waals surface area contributed by atoms with Crippen molar-refractivity contribution in [2.45, 2.75) is 20.1 Å². The summed E-state index contributed by atoms with van der Waals surface area (Å²) in [5, 5.41) is 4.71. The summed E-state index contributed by atoms with van der Waals surface area (Å²) in [5.41, 5.74) is 3.62. The van der Waals surface area contributed by atoms with Gasteiger partial charge in [0.1, 0.15) is 11.5 Å². The van der Waals surface area contributed by atoms with Crippen molar-refractivity contribution < 1.29 is 27.0 Å². The molecular weight excluding hydrogens is 399 g/mol. The molecule has 0 aliphatic heterocycles. The minimum absolute atomic E-state index is 0.166. The predicted octanol–water partition coefficient (Wildman–Crippen LogP) is 6.03. The molecule has 0 amide bonds. The maximum absolute atomic E-state index is 12.6. The van der Waals surface area contributed by atoms with Crippen LogP contribution in [0.25, 0.3) is 0 Å². The smallest absolute Gasteiger partial charge is 0.387 e. The summed E-state index contributed by atoms with van der Waals surface area (Å²) in [6.07, 6.45) is 0. The molecule has 0 saturated carbocycles. The van der Waals surface area contributed by atoms with Gasteiger partial charge in [-0.1, -0.05) is 23.2 Å². The Morgan fingerprint density at radius 1 is 0.962 bits per heavy atom. The summed E-state index contributed by atoms with van der Waals surface area (Å²) in [7, 11) is 0. The average Bonchev–Trinajstić information content (AvgIpc) is 2.55. The van der Waals surface area contributed by atoms with Gasteiger partial charge < -0.3 is 9.47 Å². The predicted molar refractivity (Wildman–Crippen MR) is 92.0 cm³/mol. The Kier molecular flexibility index (Phi) is 6.93. The van der Waals surface area contributed by atoms with Crippen LogP contribution in [-0.4, -0.2) is 18.9 Å². The van der Waals surface area contributed by atoms with Gasteiger partial charge in [-0.15, -0.1) is 0 Å². The Balaban J connectivity index is 2.27. The summed E-state index contributed by atoms with van der Waals surface area (Å²) < 4.78 is 58.3. The van der Waals surface area contributed by atoms with Crippen molar-refractivity contribution in [3.63, 3.8) is 0 Å². The summed E-state index contributed by atoms with van der Waals surface area (Å²) in [4.78, 5) is 0. The fraction of sp³-hybridized carbons (Fsp3) is 0.188. The molecule has 0 saturated heterocycles. The van der Waals surface area contributed by atoms with Crippen molar-refractivity contribution in [1.82, 2.24) is 0 Å². The van der Waals surface area contributed by atoms with Gasteiger partial charge in [0.05, 0.1) is 21.4 Å². The van der Waals surface area contributed by atoms with Gasteiger partial charge in [-0.3, -0.25) is 5.43 Å². The van der Waals surface area contributed by atoms with E-state index in [2.05, 4.69) is 20.0 Å². The first-order valence-corrected chi connectivity index (χ1v) is 7.81. The second kappa shape index (κ2) is 8.95. The highest BCUT2D eigenvalue weighted by Crippen LogP contribution is 2.29. The zero-order valence-corrected chi connectivity index (χ0v) is 14.7. The molecule has 0 unspecified atom stereocenters. The monoisotopic (exact) mass is 410 g/mol. The highest BCUT2D eigenvalue weighted by atomic mass is 35.5. The summed E-state index contributed by atoms with van der Waals surface area (Å²) in [6.45, 7) is -4.72. The third-order valence-corrected chi connectivity index (χ3v) is 3.80. The molecule has 26 heavy (non-hydrogen) atoms. The van der Waals surface area contributed by atoms with E-state index >= 15 is 0 Å². The number of rotatable bonds is 7. The van der Waals surface area contributed by atoms with Crippen LogP contribution in [0.2, 0.25) is 10.0 Å². The number of hydrogen-bond donors (Lipinski definition) is 1. The van der Waals surface area contributed by atoms with Crippen molar-refractivity contribution in [3.8, 4) is 11.5 Å². The molecule has 0 radical (unpaired) electrons. The van der Waals surface area contributed by atoms with Crippen LogP contribution in [0.4, 0.5) is 23.2 Å². The molecule has 0 atom stereocenters. The van der Waals surface area contributed by atoms with Crippen LogP contribution in [0.1, 0.15) is 12.5 Å². The first-order chi connectivity index (χ1) is 12.3. The quantitative estimate of drug-likeness (QED) is 0.344. The number of ether oxygens (including phenoxy) is 2. The Hall–Kier alpha value is -2.19. The number of nitrogens with zero attached hydrogens (tertiary/aromatic N) is 1. The lowest BCUT2D eigenvalue weighted by atomic mass is 10.1. The van der Waals surface area contributed by atoms with E-state index in [0.29, 0.717) is 15.7 Å².